The second-order valence-electron chi connectivity index (χ2n) is 10.7. The van der Waals surface area contributed by atoms with Crippen LogP contribution < -0.4 is 5.32 Å². The van der Waals surface area contributed by atoms with Crippen LogP contribution >= 0.6 is 21.8 Å². The van der Waals surface area contributed by atoms with E-state index in [9.17, 15) is 18.0 Å². The van der Waals surface area contributed by atoms with E-state index >= 15 is 0 Å². The quantitative estimate of drug-likeness (QED) is 0.444. The van der Waals surface area contributed by atoms with Gasteiger partial charge < -0.3 is 5.32 Å². The molecule has 2 aliphatic heterocycles. The number of nitrogens with zero attached hydrogens (tertiary/aromatic N) is 3. The van der Waals surface area contributed by atoms with Gasteiger partial charge in [-0.1, -0.05) is 12.3 Å². The summed E-state index contributed by atoms with van der Waals surface area (Å²) in [6.45, 7) is 4.42. The highest BCUT2D eigenvalue weighted by atomic mass is 32.2. The third-order valence-corrected chi connectivity index (χ3v) is 11.2. The number of amides is 1. The summed E-state index contributed by atoms with van der Waals surface area (Å²) in [4.78, 5) is 25.6. The molecule has 0 radical (unpaired) electrons. The molecule has 2 fully saturated rings. The van der Waals surface area contributed by atoms with Crippen molar-refractivity contribution in [2.75, 3.05) is 19.6 Å². The molecule has 3 heterocycles. The molecule has 0 spiro atoms. The molecular formula is C26H35F3N4OS2. The normalized spacial score (nSPS) is 28.4. The minimum absolute atomic E-state index is 0.0783. The Labute approximate surface area is 217 Å². The molecule has 1 aromatic heterocycles. The van der Waals surface area contributed by atoms with E-state index in [1.165, 1.54) is 0 Å². The Balaban J connectivity index is 1.07. The second-order valence-corrected chi connectivity index (χ2v) is 13.7. The summed E-state index contributed by atoms with van der Waals surface area (Å²) >= 11 is 1.57. The van der Waals surface area contributed by atoms with Gasteiger partial charge in [0.2, 0.25) is 5.91 Å². The third kappa shape index (κ3) is 5.23. The first-order valence-corrected chi connectivity index (χ1v) is 15.2. The number of aromatic nitrogens is 1. The van der Waals surface area contributed by atoms with Gasteiger partial charge in [-0.2, -0.15) is 13.2 Å². The van der Waals surface area contributed by atoms with Crippen LogP contribution in [0.4, 0.5) is 13.2 Å². The molecule has 4 aliphatic rings. The van der Waals surface area contributed by atoms with Crippen LogP contribution in [0.2, 0.25) is 0 Å². The van der Waals surface area contributed by atoms with E-state index in [1.807, 2.05) is 6.92 Å². The minimum atomic E-state index is -4.24. The van der Waals surface area contributed by atoms with Crippen LogP contribution in [0.3, 0.4) is 0 Å². The number of hydrogen-bond donors (Lipinski definition) is 1. The zero-order chi connectivity index (χ0) is 25.5. The standard InChI is InChI=1S/C26H35F3N4OS2/c1-17-30-15-20(35-17)14-23(34)31-19-6-4-18(5-7-19)8-12-33-13-9-22-21(16-33)32-24(36(22)2)25(10-3-11-25)26(27,28)29/h15,18-19H,2-14,16H2,1H3,(H,31,34). The predicted molar refractivity (Wildman–Crippen MR) is 142 cm³/mol. The molecule has 198 valence electrons. The summed E-state index contributed by atoms with van der Waals surface area (Å²) in [6, 6.07) is 0.249. The van der Waals surface area contributed by atoms with Gasteiger partial charge in [-0.3, -0.25) is 9.69 Å². The van der Waals surface area contributed by atoms with Crippen LogP contribution in [-0.2, 0) is 11.2 Å². The van der Waals surface area contributed by atoms with E-state index in [4.69, 9.17) is 0 Å². The Morgan fingerprint density at radius 1 is 1.31 bits per heavy atom. The molecule has 1 amide bonds. The Morgan fingerprint density at radius 3 is 2.67 bits per heavy atom. The van der Waals surface area contributed by atoms with Gasteiger partial charge in [0.25, 0.3) is 0 Å². The van der Waals surface area contributed by atoms with Crippen molar-refractivity contribution in [1.82, 2.24) is 15.2 Å². The van der Waals surface area contributed by atoms with Crippen molar-refractivity contribution < 1.29 is 18.0 Å². The third-order valence-electron chi connectivity index (χ3n) is 8.35. The number of thiazole rings is 1. The number of rotatable bonds is 7. The first kappa shape index (κ1) is 26.1. The monoisotopic (exact) mass is 540 g/mol. The zero-order valence-corrected chi connectivity index (χ0v) is 22.5. The van der Waals surface area contributed by atoms with Gasteiger partial charge in [-0.25, -0.2) is 9.98 Å². The SMILES string of the molecule is C=S1C(C2(C(F)(F)F)CCC2)=NC2=C1CCN(CCC1CCC(NC(=O)Cc3cnc(C)s3)CC1)C2. The number of carbonyl (C=O) groups is 1. The molecule has 10 heteroatoms. The first-order valence-electron chi connectivity index (χ1n) is 13.0. The summed E-state index contributed by atoms with van der Waals surface area (Å²) < 4.78 is 41.7. The Bertz CT molecular complexity index is 1080. The van der Waals surface area contributed by atoms with E-state index in [0.29, 0.717) is 30.3 Å². The highest BCUT2D eigenvalue weighted by Gasteiger charge is 2.62. The lowest BCUT2D eigenvalue weighted by Gasteiger charge is -2.43. The molecule has 0 bridgehead atoms. The number of carbonyl (C=O) groups excluding carboxylic acids is 1. The fraction of sp³-hybridized carbons (Fsp3) is 0.692. The number of alkyl halides is 3. The first-order chi connectivity index (χ1) is 17.1. The van der Waals surface area contributed by atoms with Gasteiger partial charge in [-0.15, -0.1) is 21.8 Å². The number of halogens is 3. The van der Waals surface area contributed by atoms with Crippen LogP contribution in [0.25, 0.3) is 0 Å². The van der Waals surface area contributed by atoms with Gasteiger partial charge in [-0.05, 0) is 70.8 Å². The van der Waals surface area contributed by atoms with Gasteiger partial charge in [0.15, 0.2) is 0 Å². The number of aliphatic imine (C=N–C) groups is 1. The van der Waals surface area contributed by atoms with Gasteiger partial charge in [0, 0.05) is 35.1 Å². The van der Waals surface area contributed by atoms with Crippen LogP contribution in [0.5, 0.6) is 0 Å². The fourth-order valence-corrected chi connectivity index (χ4v) is 8.78. The maximum absolute atomic E-state index is 13.9. The summed E-state index contributed by atoms with van der Waals surface area (Å²) in [5.41, 5.74) is -0.874. The van der Waals surface area contributed by atoms with E-state index < -0.39 is 22.1 Å². The average molecular weight is 541 g/mol. The van der Waals surface area contributed by atoms with Crippen LogP contribution in [-0.4, -0.2) is 58.6 Å². The smallest absolute Gasteiger partial charge is 0.353 e. The summed E-state index contributed by atoms with van der Waals surface area (Å²) in [6.07, 6.45) is 4.97. The predicted octanol–water partition coefficient (Wildman–Crippen LogP) is 5.82. The molecule has 1 N–H and O–H groups in total. The van der Waals surface area contributed by atoms with Crippen molar-refractivity contribution in [1.29, 1.82) is 0 Å². The largest absolute Gasteiger partial charge is 0.400 e. The Kier molecular flexibility index (Phi) is 7.49. The maximum Gasteiger partial charge on any atom is 0.400 e. The van der Waals surface area contributed by atoms with Crippen molar-refractivity contribution in [3.63, 3.8) is 0 Å². The van der Waals surface area contributed by atoms with E-state index in [1.54, 1.807) is 17.5 Å². The molecule has 2 saturated carbocycles. The van der Waals surface area contributed by atoms with E-state index in [-0.39, 0.29) is 24.8 Å². The summed E-state index contributed by atoms with van der Waals surface area (Å²) in [5.74, 6) is 4.86. The molecule has 5 nitrogen and oxygen atoms in total. The van der Waals surface area contributed by atoms with E-state index in [2.05, 4.69) is 26.1 Å². The minimum Gasteiger partial charge on any atom is -0.353 e. The number of nitrogens with one attached hydrogen (secondary N) is 1. The van der Waals surface area contributed by atoms with Crippen molar-refractivity contribution in [2.24, 2.45) is 16.3 Å². The number of aryl methyl sites for hydroxylation is 1. The second kappa shape index (κ2) is 10.3. The molecule has 36 heavy (non-hydrogen) atoms. The average Bonchev–Trinajstić information content (AvgIpc) is 3.34. The van der Waals surface area contributed by atoms with Gasteiger partial charge >= 0.3 is 6.18 Å². The fourth-order valence-electron chi connectivity index (χ4n) is 6.01. The van der Waals surface area contributed by atoms with Crippen LogP contribution in [0.1, 0.15) is 67.7 Å². The van der Waals surface area contributed by atoms with Crippen LogP contribution in [0.15, 0.2) is 21.8 Å². The lowest BCUT2D eigenvalue weighted by Crippen LogP contribution is -2.49. The lowest BCUT2D eigenvalue weighted by molar-refractivity contribution is -0.219. The Hall–Kier alpha value is -1.52. The van der Waals surface area contributed by atoms with Crippen molar-refractivity contribution >= 4 is 38.6 Å². The van der Waals surface area contributed by atoms with Crippen molar-refractivity contribution in [2.45, 2.75) is 83.4 Å². The molecule has 5 rings (SSSR count). The zero-order valence-electron chi connectivity index (χ0n) is 20.8. The molecule has 0 aromatic carbocycles. The maximum atomic E-state index is 13.9. The molecule has 2 aliphatic carbocycles. The van der Waals surface area contributed by atoms with E-state index in [0.717, 1.165) is 72.1 Å². The molecule has 1 unspecified atom stereocenters. The highest BCUT2D eigenvalue weighted by molar-refractivity contribution is 8.30. The molecule has 0 saturated heterocycles. The summed E-state index contributed by atoms with van der Waals surface area (Å²) in [7, 11) is -0.740. The van der Waals surface area contributed by atoms with Crippen molar-refractivity contribution in [3.05, 3.63) is 26.7 Å². The molecule has 1 atom stereocenters. The topological polar surface area (TPSA) is 57.6 Å². The van der Waals surface area contributed by atoms with Crippen LogP contribution in [0, 0.1) is 18.3 Å². The van der Waals surface area contributed by atoms with Gasteiger partial charge in [0.1, 0.15) is 5.41 Å². The lowest BCUT2D eigenvalue weighted by atomic mass is 9.69. The van der Waals surface area contributed by atoms with Crippen molar-refractivity contribution in [3.8, 4) is 0 Å². The van der Waals surface area contributed by atoms with Gasteiger partial charge in [0.05, 0.1) is 22.2 Å². The molecule has 1 aromatic rings. The highest BCUT2D eigenvalue weighted by Crippen LogP contribution is 2.60. The molecular weight excluding hydrogens is 505 g/mol. The summed E-state index contributed by atoms with van der Waals surface area (Å²) in [5, 5.41) is 4.48. The Morgan fingerprint density at radius 2 is 2.06 bits per heavy atom. The number of hydrogen-bond acceptors (Lipinski definition) is 5.